The van der Waals surface area contributed by atoms with Crippen LogP contribution in [0.4, 0.5) is 0 Å². The minimum Gasteiger partial charge on any atom is -0.508 e. The van der Waals surface area contributed by atoms with Crippen molar-refractivity contribution in [1.82, 2.24) is 5.32 Å². The number of carbonyl (C=O) groups is 1. The van der Waals surface area contributed by atoms with Crippen LogP contribution in [0.2, 0.25) is 15.1 Å². The number of benzene rings is 3. The van der Waals surface area contributed by atoms with Gasteiger partial charge in [0.15, 0.2) is 0 Å². The van der Waals surface area contributed by atoms with Crippen molar-refractivity contribution in [2.75, 3.05) is 0 Å². The first-order valence-electron chi connectivity index (χ1n) is 8.62. The Hall–Kier alpha value is -2.20. The molecule has 0 unspecified atom stereocenters. The van der Waals surface area contributed by atoms with Crippen LogP contribution in [0.1, 0.15) is 28.2 Å². The number of amides is 1. The number of hydrogen-bond donors (Lipinski definition) is 2. The molecule has 0 aliphatic carbocycles. The van der Waals surface area contributed by atoms with E-state index in [1.165, 1.54) is 6.07 Å². The molecule has 0 radical (unpaired) electrons. The van der Waals surface area contributed by atoms with Gasteiger partial charge in [0.1, 0.15) is 5.75 Å². The Balaban J connectivity index is 1.93. The van der Waals surface area contributed by atoms with Crippen molar-refractivity contribution in [3.8, 4) is 5.75 Å². The maximum atomic E-state index is 13.1. The Morgan fingerprint density at radius 3 is 2.39 bits per heavy atom. The van der Waals surface area contributed by atoms with Gasteiger partial charge in [-0.1, -0.05) is 65.1 Å². The molecule has 0 fully saturated rings. The standard InChI is InChI=1S/C22H18Cl3NO2/c1-13-9-16(24)11-19(25)18(13)12-26-22(28)21(14-5-3-2-4-6-14)17-10-15(23)7-8-20(17)27/h2-11,21,27H,12H2,1H3,(H,26,28)/t21-/m0/s1. The molecule has 0 aliphatic rings. The third-order valence-corrected chi connectivity index (χ3v) is 5.31. The number of hydrogen-bond acceptors (Lipinski definition) is 2. The minimum absolute atomic E-state index is 0.00843. The molecular weight excluding hydrogens is 417 g/mol. The summed E-state index contributed by atoms with van der Waals surface area (Å²) in [4.78, 5) is 13.1. The summed E-state index contributed by atoms with van der Waals surface area (Å²) in [5.41, 5.74) is 2.87. The Labute approximate surface area is 178 Å². The Morgan fingerprint density at radius 2 is 1.71 bits per heavy atom. The monoisotopic (exact) mass is 433 g/mol. The third kappa shape index (κ3) is 4.61. The average molecular weight is 435 g/mol. The molecule has 0 heterocycles. The summed E-state index contributed by atoms with van der Waals surface area (Å²) in [5, 5.41) is 14.7. The molecule has 3 nitrogen and oxygen atoms in total. The molecule has 28 heavy (non-hydrogen) atoms. The van der Waals surface area contributed by atoms with Gasteiger partial charge in [0.2, 0.25) is 5.91 Å². The van der Waals surface area contributed by atoms with E-state index in [0.29, 0.717) is 20.6 Å². The van der Waals surface area contributed by atoms with Crippen molar-refractivity contribution in [3.63, 3.8) is 0 Å². The average Bonchev–Trinajstić information content (AvgIpc) is 2.65. The summed E-state index contributed by atoms with van der Waals surface area (Å²) in [6.07, 6.45) is 0. The predicted octanol–water partition coefficient (Wildman–Crippen LogP) is 6.11. The van der Waals surface area contributed by atoms with Crippen LogP contribution in [0.15, 0.2) is 60.7 Å². The lowest BCUT2D eigenvalue weighted by Crippen LogP contribution is -2.30. The maximum absolute atomic E-state index is 13.1. The highest BCUT2D eigenvalue weighted by molar-refractivity contribution is 6.35. The molecule has 0 saturated heterocycles. The first kappa shape index (κ1) is 20.5. The van der Waals surface area contributed by atoms with E-state index in [1.807, 2.05) is 37.3 Å². The maximum Gasteiger partial charge on any atom is 0.232 e. The minimum atomic E-state index is -0.716. The number of phenols is 1. The van der Waals surface area contributed by atoms with Crippen molar-refractivity contribution in [3.05, 3.63) is 98.0 Å². The van der Waals surface area contributed by atoms with E-state index >= 15 is 0 Å². The topological polar surface area (TPSA) is 49.3 Å². The molecule has 2 N–H and O–H groups in total. The molecule has 0 saturated carbocycles. The van der Waals surface area contributed by atoms with Crippen molar-refractivity contribution >= 4 is 40.7 Å². The van der Waals surface area contributed by atoms with Crippen molar-refractivity contribution in [1.29, 1.82) is 0 Å². The second-order valence-corrected chi connectivity index (χ2v) is 7.73. The van der Waals surface area contributed by atoms with Crippen molar-refractivity contribution in [2.24, 2.45) is 0 Å². The molecule has 0 aromatic heterocycles. The molecular formula is C22H18Cl3NO2. The molecule has 0 bridgehead atoms. The Bertz CT molecular complexity index is 983. The molecule has 1 amide bonds. The van der Waals surface area contributed by atoms with Gasteiger partial charge in [-0.05, 0) is 53.9 Å². The van der Waals surface area contributed by atoms with E-state index in [4.69, 9.17) is 34.8 Å². The Kier molecular flexibility index (Phi) is 6.50. The second kappa shape index (κ2) is 8.87. The summed E-state index contributed by atoms with van der Waals surface area (Å²) in [6.45, 7) is 2.13. The summed E-state index contributed by atoms with van der Waals surface area (Å²) in [6, 6.07) is 17.4. The second-order valence-electron chi connectivity index (χ2n) is 6.45. The van der Waals surface area contributed by atoms with E-state index in [1.54, 1.807) is 24.3 Å². The van der Waals surface area contributed by atoms with Gasteiger partial charge in [-0.3, -0.25) is 4.79 Å². The van der Waals surface area contributed by atoms with Gasteiger partial charge >= 0.3 is 0 Å². The van der Waals surface area contributed by atoms with Crippen molar-refractivity contribution in [2.45, 2.75) is 19.4 Å². The highest BCUT2D eigenvalue weighted by Gasteiger charge is 2.26. The predicted molar refractivity (Wildman–Crippen MR) is 114 cm³/mol. The van der Waals surface area contributed by atoms with Crippen LogP contribution in [0.25, 0.3) is 0 Å². The lowest BCUT2D eigenvalue weighted by atomic mass is 9.89. The number of nitrogens with one attached hydrogen (secondary N) is 1. The smallest absolute Gasteiger partial charge is 0.232 e. The van der Waals surface area contributed by atoms with Gasteiger partial charge in [-0.2, -0.15) is 0 Å². The fourth-order valence-corrected chi connectivity index (χ4v) is 3.95. The van der Waals surface area contributed by atoms with Crippen molar-refractivity contribution < 1.29 is 9.90 Å². The quantitative estimate of drug-likeness (QED) is 0.509. The molecule has 0 aliphatic heterocycles. The zero-order chi connectivity index (χ0) is 20.3. The number of rotatable bonds is 5. The fraction of sp³-hybridized carbons (Fsp3) is 0.136. The van der Waals surface area contributed by atoms with Crippen LogP contribution in [0.5, 0.6) is 5.75 Å². The highest BCUT2D eigenvalue weighted by atomic mass is 35.5. The number of carbonyl (C=O) groups excluding carboxylic acids is 1. The summed E-state index contributed by atoms with van der Waals surface area (Å²) in [5.74, 6) is -0.977. The van der Waals surface area contributed by atoms with E-state index in [9.17, 15) is 9.90 Å². The van der Waals surface area contributed by atoms with Crippen LogP contribution >= 0.6 is 34.8 Å². The molecule has 6 heteroatoms. The van der Waals surface area contributed by atoms with Gasteiger partial charge in [0.25, 0.3) is 0 Å². The van der Waals surface area contributed by atoms with Crippen LogP contribution in [-0.4, -0.2) is 11.0 Å². The number of aryl methyl sites for hydroxylation is 1. The first-order valence-corrected chi connectivity index (χ1v) is 9.76. The third-order valence-electron chi connectivity index (χ3n) is 4.52. The van der Waals surface area contributed by atoms with Crippen LogP contribution in [-0.2, 0) is 11.3 Å². The zero-order valence-electron chi connectivity index (χ0n) is 15.0. The van der Waals surface area contributed by atoms with E-state index < -0.39 is 5.92 Å². The normalized spacial score (nSPS) is 11.9. The Morgan fingerprint density at radius 1 is 1.00 bits per heavy atom. The van der Waals surface area contributed by atoms with Gasteiger partial charge in [0.05, 0.1) is 5.92 Å². The number of phenolic OH excluding ortho intramolecular Hbond substituents is 1. The molecule has 0 spiro atoms. The lowest BCUT2D eigenvalue weighted by Gasteiger charge is -2.20. The molecule has 3 aromatic rings. The molecule has 1 atom stereocenters. The summed E-state index contributed by atoms with van der Waals surface area (Å²) in [7, 11) is 0. The molecule has 3 rings (SSSR count). The van der Waals surface area contributed by atoms with E-state index in [2.05, 4.69) is 5.32 Å². The van der Waals surface area contributed by atoms with E-state index in [-0.39, 0.29) is 18.2 Å². The van der Waals surface area contributed by atoms with Gasteiger partial charge < -0.3 is 10.4 Å². The van der Waals surface area contributed by atoms with Crippen LogP contribution < -0.4 is 5.32 Å². The largest absolute Gasteiger partial charge is 0.508 e. The molecule has 144 valence electrons. The van der Waals surface area contributed by atoms with Gasteiger partial charge in [0, 0.05) is 27.2 Å². The highest BCUT2D eigenvalue weighted by Crippen LogP contribution is 2.34. The zero-order valence-corrected chi connectivity index (χ0v) is 17.3. The van der Waals surface area contributed by atoms with Crippen LogP contribution in [0, 0.1) is 6.92 Å². The lowest BCUT2D eigenvalue weighted by molar-refractivity contribution is -0.121. The number of halogens is 3. The first-order chi connectivity index (χ1) is 13.4. The van der Waals surface area contributed by atoms with Gasteiger partial charge in [-0.15, -0.1) is 0 Å². The van der Waals surface area contributed by atoms with E-state index in [0.717, 1.165) is 16.7 Å². The summed E-state index contributed by atoms with van der Waals surface area (Å²) < 4.78 is 0. The van der Waals surface area contributed by atoms with Gasteiger partial charge in [-0.25, -0.2) is 0 Å². The summed E-state index contributed by atoms with van der Waals surface area (Å²) >= 11 is 18.4. The molecule has 3 aromatic carbocycles. The fourth-order valence-electron chi connectivity index (χ4n) is 3.11. The number of aromatic hydroxyl groups is 1. The van der Waals surface area contributed by atoms with Crippen LogP contribution in [0.3, 0.4) is 0 Å². The SMILES string of the molecule is Cc1cc(Cl)cc(Cl)c1CNC(=O)[C@@H](c1ccccc1)c1cc(Cl)ccc1O.